The lowest BCUT2D eigenvalue weighted by atomic mass is 10.0. The molecule has 1 aliphatic heterocycles. The highest BCUT2D eigenvalue weighted by atomic mass is 16.6. The van der Waals surface area contributed by atoms with E-state index in [9.17, 15) is 14.9 Å². The van der Waals surface area contributed by atoms with Crippen molar-refractivity contribution in [3.8, 4) is 11.5 Å². The summed E-state index contributed by atoms with van der Waals surface area (Å²) >= 11 is 0. The second kappa shape index (κ2) is 7.45. The number of carbonyl (C=O) groups is 1. The molecule has 0 aliphatic carbocycles. The Labute approximate surface area is 155 Å². The monoisotopic (exact) mass is 369 g/mol. The Morgan fingerprint density at radius 2 is 2.07 bits per heavy atom. The quantitative estimate of drug-likeness (QED) is 0.479. The van der Waals surface area contributed by atoms with Crippen molar-refractivity contribution in [1.82, 2.24) is 5.43 Å². The van der Waals surface area contributed by atoms with Gasteiger partial charge in [0, 0.05) is 24.1 Å². The predicted molar refractivity (Wildman–Crippen MR) is 99.2 cm³/mol. The first-order valence-corrected chi connectivity index (χ1v) is 8.34. The fraction of sp³-hybridized carbons (Fsp3) is 0.263. The highest BCUT2D eigenvalue weighted by Gasteiger charge is 2.32. The molecule has 0 bridgehead atoms. The van der Waals surface area contributed by atoms with Gasteiger partial charge in [-0.3, -0.25) is 14.9 Å². The van der Waals surface area contributed by atoms with Crippen LogP contribution in [-0.2, 0) is 11.2 Å². The number of nitro groups is 1. The summed E-state index contributed by atoms with van der Waals surface area (Å²) in [5.74, 6) is 0.764. The van der Waals surface area contributed by atoms with Gasteiger partial charge in [0.1, 0.15) is 5.60 Å². The van der Waals surface area contributed by atoms with Crippen molar-refractivity contribution in [1.29, 1.82) is 0 Å². The van der Waals surface area contributed by atoms with E-state index in [4.69, 9.17) is 9.47 Å². The third-order valence-corrected chi connectivity index (χ3v) is 3.92. The Balaban J connectivity index is 1.52. The van der Waals surface area contributed by atoms with Crippen LogP contribution in [0, 0.1) is 10.1 Å². The number of hydrazone groups is 1. The van der Waals surface area contributed by atoms with Gasteiger partial charge in [-0.05, 0) is 37.6 Å². The number of hydrogen-bond acceptors (Lipinski definition) is 6. The van der Waals surface area contributed by atoms with E-state index in [-0.39, 0.29) is 17.9 Å². The molecule has 0 atom stereocenters. The molecule has 1 amide bonds. The zero-order valence-electron chi connectivity index (χ0n) is 15.0. The Hall–Kier alpha value is -3.42. The molecule has 0 aromatic heterocycles. The first-order chi connectivity index (χ1) is 12.8. The lowest BCUT2D eigenvalue weighted by Crippen LogP contribution is -2.26. The number of carbonyl (C=O) groups excluding carboxylic acids is 1. The molecular weight excluding hydrogens is 350 g/mol. The molecule has 2 aromatic rings. The molecule has 1 aliphatic rings. The molecule has 2 aromatic carbocycles. The lowest BCUT2D eigenvalue weighted by Gasteiger charge is -2.18. The van der Waals surface area contributed by atoms with Crippen molar-refractivity contribution in [3.63, 3.8) is 0 Å². The fourth-order valence-corrected chi connectivity index (χ4v) is 2.74. The smallest absolute Gasteiger partial charge is 0.277 e. The molecule has 0 spiro atoms. The summed E-state index contributed by atoms with van der Waals surface area (Å²) in [4.78, 5) is 22.0. The van der Waals surface area contributed by atoms with Crippen molar-refractivity contribution in [2.75, 3.05) is 6.61 Å². The Kier molecular flexibility index (Phi) is 5.07. The van der Waals surface area contributed by atoms with Crippen molar-refractivity contribution in [2.45, 2.75) is 25.9 Å². The van der Waals surface area contributed by atoms with Gasteiger partial charge in [0.05, 0.1) is 11.1 Å². The molecule has 1 N–H and O–H groups in total. The predicted octanol–water partition coefficient (Wildman–Crippen LogP) is 2.84. The number of rotatable bonds is 6. The number of hydrogen-bond donors (Lipinski definition) is 1. The average molecular weight is 369 g/mol. The minimum atomic E-state index is -0.481. The zero-order chi connectivity index (χ0) is 19.4. The van der Waals surface area contributed by atoms with E-state index < -0.39 is 10.8 Å². The van der Waals surface area contributed by atoms with Crippen molar-refractivity contribution >= 4 is 17.8 Å². The summed E-state index contributed by atoms with van der Waals surface area (Å²) in [6, 6.07) is 11.4. The molecule has 0 unspecified atom stereocenters. The Bertz CT molecular complexity index is 891. The Morgan fingerprint density at radius 3 is 2.78 bits per heavy atom. The van der Waals surface area contributed by atoms with E-state index >= 15 is 0 Å². The number of fused-ring (bicyclic) bond motifs is 1. The number of nitrogens with one attached hydrogen (secondary N) is 1. The van der Waals surface area contributed by atoms with Crippen LogP contribution in [0.25, 0.3) is 0 Å². The molecule has 140 valence electrons. The number of ether oxygens (including phenoxy) is 2. The number of nitrogens with zero attached hydrogens (tertiary/aromatic N) is 2. The van der Waals surface area contributed by atoms with Gasteiger partial charge in [0.2, 0.25) is 0 Å². The van der Waals surface area contributed by atoms with Crippen LogP contribution in [0.4, 0.5) is 5.69 Å². The van der Waals surface area contributed by atoms with Gasteiger partial charge < -0.3 is 9.47 Å². The molecule has 8 nitrogen and oxygen atoms in total. The number of para-hydroxylation sites is 1. The van der Waals surface area contributed by atoms with Crippen LogP contribution in [0.3, 0.4) is 0 Å². The largest absolute Gasteiger partial charge is 0.483 e. The maximum absolute atomic E-state index is 11.9. The minimum absolute atomic E-state index is 0.00891. The Morgan fingerprint density at radius 1 is 1.33 bits per heavy atom. The fourth-order valence-electron chi connectivity index (χ4n) is 2.74. The van der Waals surface area contributed by atoms with Crippen molar-refractivity contribution in [2.24, 2.45) is 5.10 Å². The van der Waals surface area contributed by atoms with Gasteiger partial charge in [-0.2, -0.15) is 5.10 Å². The molecule has 1 heterocycles. The van der Waals surface area contributed by atoms with Gasteiger partial charge in [-0.15, -0.1) is 0 Å². The van der Waals surface area contributed by atoms with E-state index in [2.05, 4.69) is 10.5 Å². The molecule has 27 heavy (non-hydrogen) atoms. The topological polar surface area (TPSA) is 103 Å². The second-order valence-electron chi connectivity index (χ2n) is 6.71. The summed E-state index contributed by atoms with van der Waals surface area (Å²) in [6.45, 7) is 3.78. The van der Waals surface area contributed by atoms with Crippen LogP contribution in [0.5, 0.6) is 11.5 Å². The summed E-state index contributed by atoms with van der Waals surface area (Å²) in [5.41, 5.74) is 3.73. The molecule has 0 radical (unpaired) electrons. The van der Waals surface area contributed by atoms with Crippen LogP contribution in [0.15, 0.2) is 47.6 Å². The van der Waals surface area contributed by atoms with Gasteiger partial charge in [0.15, 0.2) is 18.1 Å². The average Bonchev–Trinajstić information content (AvgIpc) is 2.94. The van der Waals surface area contributed by atoms with Crippen LogP contribution in [-0.4, -0.2) is 29.3 Å². The van der Waals surface area contributed by atoms with Gasteiger partial charge in [0.25, 0.3) is 11.6 Å². The summed E-state index contributed by atoms with van der Waals surface area (Å²) in [7, 11) is 0. The molecule has 0 fully saturated rings. The van der Waals surface area contributed by atoms with E-state index in [0.717, 1.165) is 12.0 Å². The van der Waals surface area contributed by atoms with E-state index in [0.29, 0.717) is 17.1 Å². The molecule has 0 saturated heterocycles. The lowest BCUT2D eigenvalue weighted by molar-refractivity contribution is -0.384. The van der Waals surface area contributed by atoms with Gasteiger partial charge in [-0.25, -0.2) is 5.43 Å². The first kappa shape index (κ1) is 18.4. The third kappa shape index (κ3) is 4.60. The van der Waals surface area contributed by atoms with Gasteiger partial charge >= 0.3 is 0 Å². The zero-order valence-corrected chi connectivity index (χ0v) is 15.0. The second-order valence-corrected chi connectivity index (χ2v) is 6.71. The number of nitro benzene ring substituents is 1. The van der Waals surface area contributed by atoms with E-state index in [1.165, 1.54) is 30.5 Å². The molecule has 3 rings (SSSR count). The number of amides is 1. The maximum atomic E-state index is 11.9. The number of non-ortho nitro benzene ring substituents is 1. The van der Waals surface area contributed by atoms with Crippen molar-refractivity contribution in [3.05, 3.63) is 63.7 Å². The highest BCUT2D eigenvalue weighted by molar-refractivity contribution is 5.83. The summed E-state index contributed by atoms with van der Waals surface area (Å²) in [5, 5.41) is 14.4. The van der Waals surface area contributed by atoms with E-state index in [1.54, 1.807) is 6.07 Å². The minimum Gasteiger partial charge on any atom is -0.483 e. The third-order valence-electron chi connectivity index (χ3n) is 3.92. The highest BCUT2D eigenvalue weighted by Crippen LogP contribution is 2.41. The molecule has 8 heteroatoms. The van der Waals surface area contributed by atoms with Crippen LogP contribution in [0.2, 0.25) is 0 Å². The molecule has 0 saturated carbocycles. The first-order valence-electron chi connectivity index (χ1n) is 8.34. The van der Waals surface area contributed by atoms with Crippen LogP contribution in [0.1, 0.15) is 25.0 Å². The van der Waals surface area contributed by atoms with Crippen LogP contribution < -0.4 is 14.9 Å². The van der Waals surface area contributed by atoms with Gasteiger partial charge in [-0.1, -0.05) is 12.1 Å². The standard InChI is InChI=1S/C19H19N3O5/c1-19(2)10-14-4-3-5-16(18(14)27-19)26-12-17(23)21-20-11-13-6-8-15(9-7-13)22(24)25/h3-9,11H,10,12H2,1-2H3,(H,21,23). The van der Waals surface area contributed by atoms with Crippen molar-refractivity contribution < 1.29 is 19.2 Å². The molecular formula is C19H19N3O5. The summed E-state index contributed by atoms with van der Waals surface area (Å²) < 4.78 is 11.5. The van der Waals surface area contributed by atoms with E-state index in [1.807, 2.05) is 26.0 Å². The van der Waals surface area contributed by atoms with Crippen LogP contribution >= 0.6 is 0 Å². The number of benzene rings is 2. The maximum Gasteiger partial charge on any atom is 0.277 e. The summed E-state index contributed by atoms with van der Waals surface area (Å²) in [6.07, 6.45) is 2.18. The normalized spacial score (nSPS) is 14.4. The SMILES string of the molecule is CC1(C)Cc2cccc(OCC(=O)NN=Cc3ccc([N+](=O)[O-])cc3)c2O1.